The van der Waals surface area contributed by atoms with Crippen LogP contribution >= 0.6 is 0 Å². The van der Waals surface area contributed by atoms with E-state index in [1.807, 2.05) is 35.2 Å². The average molecular weight is 323 g/mol. The van der Waals surface area contributed by atoms with Crippen LogP contribution in [0.1, 0.15) is 48.4 Å². The highest BCUT2D eigenvalue weighted by atomic mass is 16.5. The average Bonchev–Trinajstić information content (AvgIpc) is 2.61. The molecular formula is C21H25NO2. The van der Waals surface area contributed by atoms with E-state index in [1.165, 1.54) is 5.56 Å². The summed E-state index contributed by atoms with van der Waals surface area (Å²) in [6.07, 6.45) is -0.0438. The van der Waals surface area contributed by atoms with Crippen LogP contribution in [0.4, 0.5) is 0 Å². The first kappa shape index (κ1) is 16.7. The molecule has 24 heavy (non-hydrogen) atoms. The molecule has 126 valence electrons. The molecule has 1 heterocycles. The van der Waals surface area contributed by atoms with E-state index in [1.54, 1.807) is 0 Å². The summed E-state index contributed by atoms with van der Waals surface area (Å²) in [5.74, 6) is 0.0830. The number of morpholine rings is 1. The Morgan fingerprint density at radius 2 is 1.71 bits per heavy atom. The Hall–Kier alpha value is -2.13. The topological polar surface area (TPSA) is 29.5 Å². The van der Waals surface area contributed by atoms with Gasteiger partial charge in [-0.3, -0.25) is 4.79 Å². The first-order valence-corrected chi connectivity index (χ1v) is 8.51. The molecule has 0 N–H and O–H groups in total. The van der Waals surface area contributed by atoms with Crippen molar-refractivity contribution in [1.82, 2.24) is 4.90 Å². The zero-order chi connectivity index (χ0) is 17.2. The molecular weight excluding hydrogens is 298 g/mol. The van der Waals surface area contributed by atoms with Crippen LogP contribution < -0.4 is 0 Å². The molecule has 3 heteroatoms. The molecule has 1 aliphatic rings. The van der Waals surface area contributed by atoms with Crippen molar-refractivity contribution in [2.24, 2.45) is 0 Å². The predicted molar refractivity (Wildman–Crippen MR) is 96.2 cm³/mol. The van der Waals surface area contributed by atoms with Crippen molar-refractivity contribution in [3.63, 3.8) is 0 Å². The van der Waals surface area contributed by atoms with E-state index in [0.29, 0.717) is 19.7 Å². The fourth-order valence-corrected chi connectivity index (χ4v) is 3.00. The Labute approximate surface area is 144 Å². The van der Waals surface area contributed by atoms with Gasteiger partial charge < -0.3 is 9.64 Å². The van der Waals surface area contributed by atoms with E-state index in [-0.39, 0.29) is 17.4 Å². The first-order valence-electron chi connectivity index (χ1n) is 8.51. The molecule has 1 amide bonds. The maximum Gasteiger partial charge on any atom is 0.254 e. The summed E-state index contributed by atoms with van der Waals surface area (Å²) < 4.78 is 5.85. The lowest BCUT2D eigenvalue weighted by Gasteiger charge is -2.33. The van der Waals surface area contributed by atoms with Gasteiger partial charge in [-0.05, 0) is 28.7 Å². The molecule has 0 unspecified atom stereocenters. The van der Waals surface area contributed by atoms with Gasteiger partial charge in [0.25, 0.3) is 5.91 Å². The summed E-state index contributed by atoms with van der Waals surface area (Å²) in [7, 11) is 0. The zero-order valence-corrected chi connectivity index (χ0v) is 14.7. The van der Waals surface area contributed by atoms with Gasteiger partial charge in [0.15, 0.2) is 0 Å². The fourth-order valence-electron chi connectivity index (χ4n) is 3.00. The Morgan fingerprint density at radius 3 is 2.33 bits per heavy atom. The summed E-state index contributed by atoms with van der Waals surface area (Å²) >= 11 is 0. The number of carbonyl (C=O) groups is 1. The quantitative estimate of drug-likeness (QED) is 0.829. The molecule has 1 atom stereocenters. The molecule has 2 aromatic rings. The van der Waals surface area contributed by atoms with Gasteiger partial charge in [0, 0.05) is 12.1 Å². The molecule has 1 aliphatic heterocycles. The van der Waals surface area contributed by atoms with Crippen molar-refractivity contribution in [2.75, 3.05) is 19.7 Å². The van der Waals surface area contributed by atoms with Crippen LogP contribution in [-0.2, 0) is 10.2 Å². The molecule has 1 fully saturated rings. The molecule has 0 bridgehead atoms. The minimum Gasteiger partial charge on any atom is -0.370 e. The first-order chi connectivity index (χ1) is 11.4. The summed E-state index contributed by atoms with van der Waals surface area (Å²) in [5.41, 5.74) is 3.21. The van der Waals surface area contributed by atoms with Gasteiger partial charge in [-0.1, -0.05) is 63.2 Å². The number of hydrogen-bond acceptors (Lipinski definition) is 2. The number of carbonyl (C=O) groups excluding carboxylic acids is 1. The van der Waals surface area contributed by atoms with E-state index >= 15 is 0 Å². The third kappa shape index (κ3) is 3.68. The lowest BCUT2D eigenvalue weighted by Crippen LogP contribution is -2.42. The van der Waals surface area contributed by atoms with Gasteiger partial charge in [-0.15, -0.1) is 0 Å². The summed E-state index contributed by atoms with van der Waals surface area (Å²) in [4.78, 5) is 14.7. The van der Waals surface area contributed by atoms with Crippen LogP contribution in [0.5, 0.6) is 0 Å². The molecule has 0 aliphatic carbocycles. The van der Waals surface area contributed by atoms with Crippen LogP contribution in [0, 0.1) is 0 Å². The molecule has 2 aromatic carbocycles. The highest BCUT2D eigenvalue weighted by molar-refractivity contribution is 5.94. The highest BCUT2D eigenvalue weighted by Gasteiger charge is 2.26. The third-order valence-corrected chi connectivity index (χ3v) is 4.52. The molecule has 1 saturated heterocycles. The lowest BCUT2D eigenvalue weighted by atomic mass is 9.86. The normalized spacial score (nSPS) is 18.5. The van der Waals surface area contributed by atoms with E-state index in [0.717, 1.165) is 11.1 Å². The monoisotopic (exact) mass is 323 g/mol. The number of rotatable bonds is 2. The van der Waals surface area contributed by atoms with Crippen molar-refractivity contribution in [1.29, 1.82) is 0 Å². The molecule has 0 spiro atoms. The third-order valence-electron chi connectivity index (χ3n) is 4.52. The SMILES string of the molecule is CC(C)(C)c1ccc(C(=O)N2CCO[C@@H](c3ccccc3)C2)cc1. The van der Waals surface area contributed by atoms with E-state index < -0.39 is 0 Å². The van der Waals surface area contributed by atoms with Gasteiger partial charge in [0.1, 0.15) is 6.10 Å². The van der Waals surface area contributed by atoms with Crippen LogP contribution in [0.2, 0.25) is 0 Å². The van der Waals surface area contributed by atoms with Gasteiger partial charge in [0.05, 0.1) is 13.2 Å². The van der Waals surface area contributed by atoms with Crippen molar-refractivity contribution in [3.05, 3.63) is 71.3 Å². The number of benzene rings is 2. The molecule has 3 nitrogen and oxygen atoms in total. The van der Waals surface area contributed by atoms with E-state index in [2.05, 4.69) is 45.0 Å². The highest BCUT2D eigenvalue weighted by Crippen LogP contribution is 2.25. The van der Waals surface area contributed by atoms with Crippen molar-refractivity contribution >= 4 is 5.91 Å². The van der Waals surface area contributed by atoms with Crippen LogP contribution in [0.3, 0.4) is 0 Å². The Balaban J connectivity index is 1.73. The fraction of sp³-hybridized carbons (Fsp3) is 0.381. The molecule has 0 radical (unpaired) electrons. The second-order valence-electron chi connectivity index (χ2n) is 7.35. The Bertz CT molecular complexity index is 686. The largest absolute Gasteiger partial charge is 0.370 e. The van der Waals surface area contributed by atoms with E-state index in [9.17, 15) is 4.79 Å². The Morgan fingerprint density at radius 1 is 1.04 bits per heavy atom. The smallest absolute Gasteiger partial charge is 0.254 e. The number of amides is 1. The maximum absolute atomic E-state index is 12.8. The number of hydrogen-bond donors (Lipinski definition) is 0. The van der Waals surface area contributed by atoms with Crippen LogP contribution in [-0.4, -0.2) is 30.5 Å². The minimum atomic E-state index is -0.0438. The number of nitrogens with zero attached hydrogens (tertiary/aromatic N) is 1. The second-order valence-corrected chi connectivity index (χ2v) is 7.35. The lowest BCUT2D eigenvalue weighted by molar-refractivity contribution is -0.0228. The van der Waals surface area contributed by atoms with Crippen molar-refractivity contribution < 1.29 is 9.53 Å². The Kier molecular flexibility index (Phi) is 4.72. The minimum absolute atomic E-state index is 0.0438. The second kappa shape index (κ2) is 6.78. The van der Waals surface area contributed by atoms with Gasteiger partial charge >= 0.3 is 0 Å². The summed E-state index contributed by atoms with van der Waals surface area (Å²) in [6, 6.07) is 18.1. The van der Waals surface area contributed by atoms with E-state index in [4.69, 9.17) is 4.74 Å². The molecule has 3 rings (SSSR count). The molecule has 0 saturated carbocycles. The van der Waals surface area contributed by atoms with Gasteiger partial charge in [-0.2, -0.15) is 0 Å². The molecule has 0 aromatic heterocycles. The van der Waals surface area contributed by atoms with Gasteiger partial charge in [-0.25, -0.2) is 0 Å². The van der Waals surface area contributed by atoms with Gasteiger partial charge in [0.2, 0.25) is 0 Å². The van der Waals surface area contributed by atoms with Crippen molar-refractivity contribution in [2.45, 2.75) is 32.3 Å². The standard InChI is InChI=1S/C21H25NO2/c1-21(2,3)18-11-9-17(10-12-18)20(23)22-13-14-24-19(15-22)16-7-5-4-6-8-16/h4-12,19H,13-15H2,1-3H3/t19-/m1/s1. The summed E-state index contributed by atoms with van der Waals surface area (Å²) in [6.45, 7) is 8.35. The summed E-state index contributed by atoms with van der Waals surface area (Å²) in [5, 5.41) is 0. The van der Waals surface area contributed by atoms with Crippen molar-refractivity contribution in [3.8, 4) is 0 Å². The predicted octanol–water partition coefficient (Wildman–Crippen LogP) is 4.20. The van der Waals surface area contributed by atoms with Crippen LogP contribution in [0.15, 0.2) is 54.6 Å². The number of ether oxygens (including phenoxy) is 1. The zero-order valence-electron chi connectivity index (χ0n) is 14.7. The maximum atomic E-state index is 12.8. The van der Waals surface area contributed by atoms with Crippen LogP contribution in [0.25, 0.3) is 0 Å².